The van der Waals surface area contributed by atoms with E-state index in [4.69, 9.17) is 0 Å². The highest BCUT2D eigenvalue weighted by atomic mass is 16.2. The van der Waals surface area contributed by atoms with Crippen molar-refractivity contribution in [2.75, 3.05) is 20.1 Å². The number of nitrogens with zero attached hydrogens (tertiary/aromatic N) is 3. The first kappa shape index (κ1) is 17.2. The van der Waals surface area contributed by atoms with Gasteiger partial charge in [0, 0.05) is 32.5 Å². The fraction of sp³-hybridized carbons (Fsp3) is 0.588. The van der Waals surface area contributed by atoms with Gasteiger partial charge < -0.3 is 10.2 Å². The van der Waals surface area contributed by atoms with Gasteiger partial charge in [0.05, 0.1) is 12.0 Å². The third-order valence-corrected chi connectivity index (χ3v) is 4.44. The molecular formula is C17H26N4O2. The Bertz CT molecular complexity index is 527. The van der Waals surface area contributed by atoms with Gasteiger partial charge in [-0.2, -0.15) is 5.10 Å². The van der Waals surface area contributed by atoms with Crippen molar-refractivity contribution in [1.82, 2.24) is 20.0 Å². The number of carbonyl (C=O) groups excluding carboxylic acids is 2. The lowest BCUT2D eigenvalue weighted by Gasteiger charge is -2.33. The second-order valence-electron chi connectivity index (χ2n) is 6.05. The van der Waals surface area contributed by atoms with Crippen molar-refractivity contribution in [1.29, 1.82) is 0 Å². The van der Waals surface area contributed by atoms with Crippen LogP contribution < -0.4 is 5.32 Å². The maximum atomic E-state index is 12.8. The van der Waals surface area contributed by atoms with Crippen LogP contribution in [0.3, 0.4) is 0 Å². The van der Waals surface area contributed by atoms with Gasteiger partial charge in [0.25, 0.3) is 0 Å². The van der Waals surface area contributed by atoms with Gasteiger partial charge in [-0.05, 0) is 31.4 Å². The molecule has 0 bridgehead atoms. The molecule has 1 N–H and O–H groups in total. The quantitative estimate of drug-likeness (QED) is 0.615. The molecule has 2 rings (SSSR count). The number of hydrogen-bond donors (Lipinski definition) is 1. The summed E-state index contributed by atoms with van der Waals surface area (Å²) in [4.78, 5) is 25.6. The Morgan fingerprint density at radius 1 is 1.43 bits per heavy atom. The molecule has 1 heterocycles. The second-order valence-corrected chi connectivity index (χ2v) is 6.05. The Morgan fingerprint density at radius 3 is 2.91 bits per heavy atom. The monoisotopic (exact) mass is 318 g/mol. The Kier molecular flexibility index (Phi) is 6.38. The predicted molar refractivity (Wildman–Crippen MR) is 88.7 cm³/mol. The summed E-state index contributed by atoms with van der Waals surface area (Å²) in [6.45, 7) is 4.60. The molecule has 1 aliphatic carbocycles. The summed E-state index contributed by atoms with van der Waals surface area (Å²) in [6, 6.07) is 2.07. The topological polar surface area (TPSA) is 67.2 Å². The van der Waals surface area contributed by atoms with Crippen LogP contribution in [0.5, 0.6) is 0 Å². The van der Waals surface area contributed by atoms with Crippen LogP contribution in [0.4, 0.5) is 0 Å². The Morgan fingerprint density at radius 2 is 2.22 bits per heavy atom. The lowest BCUT2D eigenvalue weighted by Crippen LogP contribution is -2.40. The summed E-state index contributed by atoms with van der Waals surface area (Å²) in [5, 5.41) is 7.05. The highest BCUT2D eigenvalue weighted by molar-refractivity contribution is 5.86. The molecule has 0 aliphatic heterocycles. The van der Waals surface area contributed by atoms with Crippen molar-refractivity contribution in [2.24, 2.45) is 5.92 Å². The van der Waals surface area contributed by atoms with Crippen molar-refractivity contribution < 1.29 is 9.59 Å². The summed E-state index contributed by atoms with van der Waals surface area (Å²) < 4.78 is 1.93. The van der Waals surface area contributed by atoms with Gasteiger partial charge in [0.1, 0.15) is 0 Å². The number of aromatic nitrogens is 2. The lowest BCUT2D eigenvalue weighted by molar-refractivity contribution is -0.137. The normalized spacial score (nSPS) is 20.7. The van der Waals surface area contributed by atoms with E-state index in [0.29, 0.717) is 13.1 Å². The third-order valence-electron chi connectivity index (χ3n) is 4.44. The Balaban J connectivity index is 1.86. The zero-order valence-electron chi connectivity index (χ0n) is 13.8. The minimum Gasteiger partial charge on any atom is -0.353 e. The van der Waals surface area contributed by atoms with Crippen LogP contribution in [0.15, 0.2) is 31.1 Å². The summed E-state index contributed by atoms with van der Waals surface area (Å²) in [6.07, 6.45) is 9.86. The molecule has 1 aromatic rings. The van der Waals surface area contributed by atoms with E-state index in [1.54, 1.807) is 11.1 Å². The highest BCUT2D eigenvalue weighted by Gasteiger charge is 2.33. The van der Waals surface area contributed by atoms with Crippen molar-refractivity contribution in [3.8, 4) is 0 Å². The molecule has 1 fully saturated rings. The van der Waals surface area contributed by atoms with E-state index in [2.05, 4.69) is 17.0 Å². The fourth-order valence-corrected chi connectivity index (χ4v) is 3.19. The first-order chi connectivity index (χ1) is 11.1. The van der Waals surface area contributed by atoms with E-state index in [1.807, 2.05) is 24.0 Å². The van der Waals surface area contributed by atoms with Gasteiger partial charge in [0.2, 0.25) is 11.8 Å². The van der Waals surface area contributed by atoms with Crippen LogP contribution in [0.2, 0.25) is 0 Å². The molecule has 23 heavy (non-hydrogen) atoms. The van der Waals surface area contributed by atoms with Gasteiger partial charge in [-0.25, -0.2) is 0 Å². The van der Waals surface area contributed by atoms with Crippen molar-refractivity contribution in [2.45, 2.75) is 38.1 Å². The highest BCUT2D eigenvalue weighted by Crippen LogP contribution is 2.34. The average molecular weight is 318 g/mol. The van der Waals surface area contributed by atoms with Gasteiger partial charge >= 0.3 is 0 Å². The molecule has 6 nitrogen and oxygen atoms in total. The van der Waals surface area contributed by atoms with Gasteiger partial charge in [-0.15, -0.1) is 0 Å². The summed E-state index contributed by atoms with van der Waals surface area (Å²) in [5.41, 5.74) is 0. The largest absolute Gasteiger partial charge is 0.353 e. The zero-order valence-corrected chi connectivity index (χ0v) is 13.8. The number of carbonyl (C=O) groups is 2. The predicted octanol–water partition coefficient (Wildman–Crippen LogP) is 1.77. The molecular weight excluding hydrogens is 292 g/mol. The second kappa shape index (κ2) is 8.50. The first-order valence-corrected chi connectivity index (χ1v) is 8.28. The molecule has 2 unspecified atom stereocenters. The van der Waals surface area contributed by atoms with E-state index in [1.165, 1.54) is 6.08 Å². The molecule has 1 aromatic heterocycles. The van der Waals surface area contributed by atoms with Gasteiger partial charge in [-0.1, -0.05) is 19.4 Å². The van der Waals surface area contributed by atoms with Crippen LogP contribution in [0, 0.1) is 5.92 Å². The van der Waals surface area contributed by atoms with E-state index >= 15 is 0 Å². The SMILES string of the molecule is C=CC(=O)NCCCN(C)C(=O)C1CCCCC1n1cccn1. The summed E-state index contributed by atoms with van der Waals surface area (Å²) >= 11 is 0. The summed E-state index contributed by atoms with van der Waals surface area (Å²) in [5.74, 6) is 0.00155. The number of nitrogens with one attached hydrogen (secondary N) is 1. The smallest absolute Gasteiger partial charge is 0.243 e. The maximum absolute atomic E-state index is 12.8. The summed E-state index contributed by atoms with van der Waals surface area (Å²) in [7, 11) is 1.84. The Labute approximate surface area is 137 Å². The molecule has 2 atom stereocenters. The standard InChI is InChI=1S/C17H26N4O2/c1-3-16(22)18-10-6-12-20(2)17(23)14-8-4-5-9-15(14)21-13-7-11-19-21/h3,7,11,13-15H,1,4-6,8-10,12H2,2H3,(H,18,22). The zero-order chi connectivity index (χ0) is 16.7. The maximum Gasteiger partial charge on any atom is 0.243 e. The number of amides is 2. The number of hydrogen-bond acceptors (Lipinski definition) is 3. The number of rotatable bonds is 7. The van der Waals surface area contributed by atoms with E-state index < -0.39 is 0 Å². The molecule has 6 heteroatoms. The van der Waals surface area contributed by atoms with Crippen LogP contribution in [-0.4, -0.2) is 46.6 Å². The average Bonchev–Trinajstić information content (AvgIpc) is 3.12. The van der Waals surface area contributed by atoms with Crippen molar-refractivity contribution >= 4 is 11.8 Å². The Hall–Kier alpha value is -2.11. The third kappa shape index (κ3) is 4.68. The van der Waals surface area contributed by atoms with Crippen molar-refractivity contribution in [3.05, 3.63) is 31.1 Å². The molecule has 2 amide bonds. The van der Waals surface area contributed by atoms with Gasteiger partial charge in [0.15, 0.2) is 0 Å². The van der Waals surface area contributed by atoms with Crippen LogP contribution in [0.1, 0.15) is 38.1 Å². The molecule has 0 saturated heterocycles. The molecule has 0 radical (unpaired) electrons. The molecule has 0 aromatic carbocycles. The molecule has 1 saturated carbocycles. The fourth-order valence-electron chi connectivity index (χ4n) is 3.19. The van der Waals surface area contributed by atoms with Crippen molar-refractivity contribution in [3.63, 3.8) is 0 Å². The minimum absolute atomic E-state index is 0.00332. The van der Waals surface area contributed by atoms with E-state index in [0.717, 1.165) is 32.1 Å². The minimum atomic E-state index is -0.176. The van der Waals surface area contributed by atoms with Gasteiger partial charge in [-0.3, -0.25) is 14.3 Å². The molecule has 0 spiro atoms. The molecule has 126 valence electrons. The van der Waals surface area contributed by atoms with Crippen LogP contribution >= 0.6 is 0 Å². The lowest BCUT2D eigenvalue weighted by atomic mass is 9.83. The van der Waals surface area contributed by atoms with E-state index in [-0.39, 0.29) is 23.8 Å². The van der Waals surface area contributed by atoms with Crippen LogP contribution in [-0.2, 0) is 9.59 Å². The van der Waals surface area contributed by atoms with E-state index in [9.17, 15) is 9.59 Å². The molecule has 1 aliphatic rings. The first-order valence-electron chi connectivity index (χ1n) is 8.28. The van der Waals surface area contributed by atoms with Crippen LogP contribution in [0.25, 0.3) is 0 Å².